The van der Waals surface area contributed by atoms with Gasteiger partial charge in [0.1, 0.15) is 12.4 Å². The number of para-hydroxylation sites is 1. The van der Waals surface area contributed by atoms with E-state index >= 15 is 0 Å². The molecule has 100 valence electrons. The lowest BCUT2D eigenvalue weighted by Crippen LogP contribution is -2.27. The fourth-order valence-corrected chi connectivity index (χ4v) is 2.33. The van der Waals surface area contributed by atoms with Crippen molar-refractivity contribution in [1.29, 1.82) is 0 Å². The van der Waals surface area contributed by atoms with Gasteiger partial charge in [-0.25, -0.2) is 0 Å². The van der Waals surface area contributed by atoms with Crippen LogP contribution < -0.4 is 10.1 Å². The molecule has 1 aliphatic heterocycles. The van der Waals surface area contributed by atoms with Crippen molar-refractivity contribution in [1.82, 2.24) is 10.2 Å². The molecular weight excluding hydrogens is 224 g/mol. The smallest absolute Gasteiger partial charge is 0.123 e. The molecule has 0 spiro atoms. The number of benzene rings is 1. The Balaban J connectivity index is 1.77. The van der Waals surface area contributed by atoms with Gasteiger partial charge in [0, 0.05) is 18.7 Å². The Bertz CT molecular complexity index is 354. The Morgan fingerprint density at radius 1 is 1.28 bits per heavy atom. The summed E-state index contributed by atoms with van der Waals surface area (Å²) < 4.78 is 5.77. The molecule has 18 heavy (non-hydrogen) atoms. The second-order valence-corrected chi connectivity index (χ2v) is 4.79. The second-order valence-electron chi connectivity index (χ2n) is 4.79. The van der Waals surface area contributed by atoms with Crippen LogP contribution in [0.4, 0.5) is 0 Å². The van der Waals surface area contributed by atoms with Crippen LogP contribution in [0.3, 0.4) is 0 Å². The van der Waals surface area contributed by atoms with Gasteiger partial charge < -0.3 is 10.1 Å². The van der Waals surface area contributed by atoms with Crippen LogP contribution in [-0.2, 0) is 6.54 Å². The Hall–Kier alpha value is -1.06. The lowest BCUT2D eigenvalue weighted by Gasteiger charge is -2.19. The molecule has 0 atom stereocenters. The van der Waals surface area contributed by atoms with Crippen LogP contribution in [0, 0.1) is 0 Å². The highest BCUT2D eigenvalue weighted by Gasteiger charge is 2.13. The van der Waals surface area contributed by atoms with E-state index in [9.17, 15) is 0 Å². The van der Waals surface area contributed by atoms with Crippen LogP contribution in [0.15, 0.2) is 24.3 Å². The highest BCUT2D eigenvalue weighted by Crippen LogP contribution is 2.22. The van der Waals surface area contributed by atoms with Crippen LogP contribution in [0.1, 0.15) is 25.3 Å². The minimum atomic E-state index is 0.810. The number of unbranched alkanes of at least 4 members (excludes halogenated alkanes) is 1. The largest absolute Gasteiger partial charge is 0.492 e. The molecule has 0 aromatic heterocycles. The van der Waals surface area contributed by atoms with Gasteiger partial charge in [0.2, 0.25) is 0 Å². The number of hydrogen-bond acceptors (Lipinski definition) is 3. The van der Waals surface area contributed by atoms with Crippen molar-refractivity contribution in [3.8, 4) is 5.75 Å². The first-order valence-electron chi connectivity index (χ1n) is 7.04. The summed E-state index contributed by atoms with van der Waals surface area (Å²) in [6, 6.07) is 8.39. The predicted octanol–water partition coefficient (Wildman–Crippen LogP) is 2.27. The molecule has 3 nitrogen and oxygen atoms in total. The summed E-state index contributed by atoms with van der Waals surface area (Å²) in [6.45, 7) is 8.41. The van der Waals surface area contributed by atoms with E-state index in [1.54, 1.807) is 0 Å². The first-order valence-corrected chi connectivity index (χ1v) is 7.04. The van der Waals surface area contributed by atoms with Crippen molar-refractivity contribution in [3.05, 3.63) is 29.8 Å². The van der Waals surface area contributed by atoms with E-state index in [1.807, 2.05) is 6.07 Å². The van der Waals surface area contributed by atoms with Gasteiger partial charge in [-0.1, -0.05) is 25.1 Å². The topological polar surface area (TPSA) is 24.5 Å². The van der Waals surface area contributed by atoms with Crippen molar-refractivity contribution in [3.63, 3.8) is 0 Å². The Kier molecular flexibility index (Phi) is 5.49. The fraction of sp³-hybridized carbons (Fsp3) is 0.600. The van der Waals surface area contributed by atoms with E-state index < -0.39 is 0 Å². The number of rotatable bonds is 6. The molecule has 1 heterocycles. The van der Waals surface area contributed by atoms with Gasteiger partial charge >= 0.3 is 0 Å². The third kappa shape index (κ3) is 4.00. The standard InChI is InChI=1S/C15H24N2O/c1-2-16-9-5-6-10-17-11-12-18-15-8-4-3-7-14(15)13-17/h3-4,7-8,16H,2,5-6,9-13H2,1H3. The van der Waals surface area contributed by atoms with Crippen LogP contribution in [0.25, 0.3) is 0 Å². The predicted molar refractivity (Wildman–Crippen MR) is 75.0 cm³/mol. The fourth-order valence-electron chi connectivity index (χ4n) is 2.33. The summed E-state index contributed by atoms with van der Waals surface area (Å²) in [6.07, 6.45) is 2.52. The Labute approximate surface area is 110 Å². The maximum atomic E-state index is 5.77. The summed E-state index contributed by atoms with van der Waals surface area (Å²) in [5, 5.41) is 3.37. The van der Waals surface area contributed by atoms with Gasteiger partial charge in [-0.3, -0.25) is 4.90 Å². The molecule has 0 saturated heterocycles. The molecule has 0 amide bonds. The molecule has 0 unspecified atom stereocenters. The van der Waals surface area contributed by atoms with E-state index in [1.165, 1.54) is 24.9 Å². The molecule has 1 aliphatic rings. The van der Waals surface area contributed by atoms with Gasteiger partial charge in [-0.05, 0) is 38.5 Å². The molecule has 0 saturated carbocycles. The van der Waals surface area contributed by atoms with Crippen LogP contribution in [0.2, 0.25) is 0 Å². The van der Waals surface area contributed by atoms with E-state index in [0.29, 0.717) is 0 Å². The van der Waals surface area contributed by atoms with Gasteiger partial charge in [0.25, 0.3) is 0 Å². The van der Waals surface area contributed by atoms with E-state index in [2.05, 4.69) is 35.3 Å². The number of nitrogens with zero attached hydrogens (tertiary/aromatic N) is 1. The molecular formula is C15H24N2O. The van der Waals surface area contributed by atoms with E-state index in [4.69, 9.17) is 4.74 Å². The van der Waals surface area contributed by atoms with Crippen LogP contribution >= 0.6 is 0 Å². The Morgan fingerprint density at radius 3 is 3.06 bits per heavy atom. The molecule has 1 aromatic rings. The van der Waals surface area contributed by atoms with Crippen molar-refractivity contribution in [2.75, 3.05) is 32.8 Å². The molecule has 1 aromatic carbocycles. The average molecular weight is 248 g/mol. The second kappa shape index (κ2) is 7.39. The van der Waals surface area contributed by atoms with Gasteiger partial charge in [-0.15, -0.1) is 0 Å². The maximum Gasteiger partial charge on any atom is 0.123 e. The quantitative estimate of drug-likeness (QED) is 0.782. The van der Waals surface area contributed by atoms with Crippen LogP contribution in [0.5, 0.6) is 5.75 Å². The number of fused-ring (bicyclic) bond motifs is 1. The minimum absolute atomic E-state index is 0.810. The first kappa shape index (κ1) is 13.4. The molecule has 0 bridgehead atoms. The van der Waals surface area contributed by atoms with Crippen molar-refractivity contribution in [2.24, 2.45) is 0 Å². The van der Waals surface area contributed by atoms with Crippen molar-refractivity contribution >= 4 is 0 Å². The zero-order chi connectivity index (χ0) is 12.6. The minimum Gasteiger partial charge on any atom is -0.492 e. The molecule has 0 radical (unpaired) electrons. The number of ether oxygens (including phenoxy) is 1. The molecule has 3 heteroatoms. The van der Waals surface area contributed by atoms with Gasteiger partial charge in [0.15, 0.2) is 0 Å². The molecule has 0 fully saturated rings. The highest BCUT2D eigenvalue weighted by atomic mass is 16.5. The molecule has 2 rings (SSSR count). The summed E-state index contributed by atoms with van der Waals surface area (Å²) in [5.74, 6) is 1.06. The third-order valence-electron chi connectivity index (χ3n) is 3.36. The van der Waals surface area contributed by atoms with Crippen molar-refractivity contribution in [2.45, 2.75) is 26.3 Å². The summed E-state index contributed by atoms with van der Waals surface area (Å²) in [5.41, 5.74) is 1.32. The lowest BCUT2D eigenvalue weighted by molar-refractivity contribution is 0.222. The summed E-state index contributed by atoms with van der Waals surface area (Å²) in [4.78, 5) is 2.50. The van der Waals surface area contributed by atoms with Crippen molar-refractivity contribution < 1.29 is 4.74 Å². The third-order valence-corrected chi connectivity index (χ3v) is 3.36. The SMILES string of the molecule is CCNCCCCN1CCOc2ccccc2C1. The van der Waals surface area contributed by atoms with E-state index in [0.717, 1.165) is 38.5 Å². The van der Waals surface area contributed by atoms with Gasteiger partial charge in [-0.2, -0.15) is 0 Å². The normalized spacial score (nSPS) is 15.8. The lowest BCUT2D eigenvalue weighted by atomic mass is 10.2. The first-order chi connectivity index (χ1) is 8.90. The zero-order valence-electron chi connectivity index (χ0n) is 11.3. The zero-order valence-corrected chi connectivity index (χ0v) is 11.3. The Morgan fingerprint density at radius 2 is 2.17 bits per heavy atom. The maximum absolute atomic E-state index is 5.77. The molecule has 0 aliphatic carbocycles. The van der Waals surface area contributed by atoms with Crippen LogP contribution in [-0.4, -0.2) is 37.7 Å². The highest BCUT2D eigenvalue weighted by molar-refractivity contribution is 5.33. The number of nitrogens with one attached hydrogen (secondary N) is 1. The molecule has 1 N–H and O–H groups in total. The summed E-state index contributed by atoms with van der Waals surface area (Å²) >= 11 is 0. The average Bonchev–Trinajstić information content (AvgIpc) is 2.60. The number of hydrogen-bond donors (Lipinski definition) is 1. The van der Waals surface area contributed by atoms with Gasteiger partial charge in [0.05, 0.1) is 0 Å². The van der Waals surface area contributed by atoms with E-state index in [-0.39, 0.29) is 0 Å². The summed E-state index contributed by atoms with van der Waals surface area (Å²) in [7, 11) is 0. The monoisotopic (exact) mass is 248 g/mol.